The van der Waals surface area contributed by atoms with Crippen molar-refractivity contribution in [2.75, 3.05) is 12.4 Å². The Bertz CT molecular complexity index is 480. The summed E-state index contributed by atoms with van der Waals surface area (Å²) >= 11 is 1.78. The van der Waals surface area contributed by atoms with E-state index in [0.717, 1.165) is 17.1 Å². The van der Waals surface area contributed by atoms with E-state index < -0.39 is 6.10 Å². The van der Waals surface area contributed by atoms with Gasteiger partial charge < -0.3 is 9.84 Å². The van der Waals surface area contributed by atoms with Crippen molar-refractivity contribution in [3.63, 3.8) is 0 Å². The zero-order chi connectivity index (χ0) is 13.5. The number of hydrogen-bond donors (Lipinski definition) is 1. The predicted molar refractivity (Wildman–Crippen MR) is 79.7 cm³/mol. The molecular weight excluding hydrogens is 256 g/mol. The van der Waals surface area contributed by atoms with Gasteiger partial charge in [-0.15, -0.1) is 11.8 Å². The zero-order valence-electron chi connectivity index (χ0n) is 11.0. The summed E-state index contributed by atoms with van der Waals surface area (Å²) in [5.41, 5.74) is 0.908. The molecule has 3 heteroatoms. The quantitative estimate of drug-likeness (QED) is 0.639. The summed E-state index contributed by atoms with van der Waals surface area (Å²) in [6, 6.07) is 17.9. The Morgan fingerprint density at radius 3 is 2.37 bits per heavy atom. The van der Waals surface area contributed by atoms with Crippen LogP contribution in [0.15, 0.2) is 59.5 Å². The first-order valence-corrected chi connectivity index (χ1v) is 7.33. The van der Waals surface area contributed by atoms with Crippen molar-refractivity contribution in [2.45, 2.75) is 17.9 Å². The Labute approximate surface area is 118 Å². The predicted octanol–water partition coefficient (Wildman–Crippen LogP) is 3.91. The number of rotatable bonds is 6. The molecule has 100 valence electrons. The van der Waals surface area contributed by atoms with E-state index in [4.69, 9.17) is 4.74 Å². The zero-order valence-corrected chi connectivity index (χ0v) is 11.8. The molecule has 2 rings (SSSR count). The molecule has 0 aliphatic carbocycles. The van der Waals surface area contributed by atoms with Gasteiger partial charge in [0.15, 0.2) is 0 Å². The molecule has 0 fully saturated rings. The molecule has 0 spiro atoms. The summed E-state index contributed by atoms with van der Waals surface area (Å²) in [5.74, 6) is 1.76. The van der Waals surface area contributed by atoms with E-state index in [1.54, 1.807) is 18.7 Å². The van der Waals surface area contributed by atoms with Crippen LogP contribution in [0, 0.1) is 0 Å². The number of hydrogen-bond acceptors (Lipinski definition) is 3. The topological polar surface area (TPSA) is 29.5 Å². The van der Waals surface area contributed by atoms with Crippen molar-refractivity contribution < 1.29 is 9.84 Å². The fraction of sp³-hybridized carbons (Fsp3) is 0.250. The van der Waals surface area contributed by atoms with Gasteiger partial charge in [0.1, 0.15) is 5.75 Å². The lowest BCUT2D eigenvalue weighted by molar-refractivity contribution is 0.199. The molecule has 1 N–H and O–H groups in total. The highest BCUT2D eigenvalue weighted by Gasteiger charge is 2.00. The van der Waals surface area contributed by atoms with Crippen LogP contribution < -0.4 is 4.74 Å². The standard InChI is InChI=1S/C16H18O2S/c1-13(17)14-7-9-15(10-8-14)18-11-12-19-16-5-3-2-4-6-16/h2-10,13,17H,11-12H2,1H3. The lowest BCUT2D eigenvalue weighted by atomic mass is 10.1. The first-order valence-electron chi connectivity index (χ1n) is 6.34. The Kier molecular flexibility index (Phi) is 5.31. The molecule has 2 nitrogen and oxygen atoms in total. The fourth-order valence-corrected chi connectivity index (χ4v) is 2.43. The van der Waals surface area contributed by atoms with Gasteiger partial charge >= 0.3 is 0 Å². The average molecular weight is 274 g/mol. The minimum absolute atomic E-state index is 0.428. The minimum atomic E-state index is -0.428. The number of ether oxygens (including phenoxy) is 1. The summed E-state index contributed by atoms with van der Waals surface area (Å²) in [6.07, 6.45) is -0.428. The van der Waals surface area contributed by atoms with Gasteiger partial charge in [-0.1, -0.05) is 30.3 Å². The Morgan fingerprint density at radius 1 is 1.05 bits per heavy atom. The van der Waals surface area contributed by atoms with Crippen molar-refractivity contribution in [2.24, 2.45) is 0 Å². The lowest BCUT2D eigenvalue weighted by Gasteiger charge is -2.08. The van der Waals surface area contributed by atoms with Crippen molar-refractivity contribution in [1.82, 2.24) is 0 Å². The molecule has 2 aromatic rings. The van der Waals surface area contributed by atoms with Crippen LogP contribution in [0.25, 0.3) is 0 Å². The third-order valence-electron chi connectivity index (χ3n) is 2.73. The molecule has 0 saturated heterocycles. The molecule has 0 aromatic heterocycles. The summed E-state index contributed by atoms with van der Waals surface area (Å²) < 4.78 is 5.66. The van der Waals surface area contributed by atoms with Gasteiger partial charge in [0, 0.05) is 10.6 Å². The van der Waals surface area contributed by atoms with Gasteiger partial charge in [0.2, 0.25) is 0 Å². The van der Waals surface area contributed by atoms with Crippen molar-refractivity contribution in [3.8, 4) is 5.75 Å². The van der Waals surface area contributed by atoms with Crippen molar-refractivity contribution >= 4 is 11.8 Å². The molecular formula is C16H18O2S. The van der Waals surface area contributed by atoms with Gasteiger partial charge in [-0.05, 0) is 36.8 Å². The molecule has 0 aliphatic rings. The van der Waals surface area contributed by atoms with Crippen LogP contribution in [-0.2, 0) is 0 Å². The molecule has 0 saturated carbocycles. The van der Waals surface area contributed by atoms with Gasteiger partial charge in [-0.3, -0.25) is 0 Å². The van der Waals surface area contributed by atoms with Crippen LogP contribution in [0.5, 0.6) is 5.75 Å². The Hall–Kier alpha value is -1.45. The van der Waals surface area contributed by atoms with Crippen LogP contribution in [0.4, 0.5) is 0 Å². The number of aliphatic hydroxyl groups excluding tert-OH is 1. The monoisotopic (exact) mass is 274 g/mol. The van der Waals surface area contributed by atoms with E-state index in [2.05, 4.69) is 12.1 Å². The molecule has 1 atom stereocenters. The van der Waals surface area contributed by atoms with E-state index in [1.807, 2.05) is 42.5 Å². The number of benzene rings is 2. The smallest absolute Gasteiger partial charge is 0.119 e. The normalized spacial score (nSPS) is 12.1. The van der Waals surface area contributed by atoms with E-state index >= 15 is 0 Å². The van der Waals surface area contributed by atoms with E-state index in [1.165, 1.54) is 4.90 Å². The van der Waals surface area contributed by atoms with E-state index in [-0.39, 0.29) is 0 Å². The molecule has 0 radical (unpaired) electrons. The summed E-state index contributed by atoms with van der Waals surface area (Å²) in [5, 5.41) is 9.41. The first-order chi connectivity index (χ1) is 9.25. The SMILES string of the molecule is CC(O)c1ccc(OCCSc2ccccc2)cc1. The lowest BCUT2D eigenvalue weighted by Crippen LogP contribution is -2.00. The maximum Gasteiger partial charge on any atom is 0.119 e. The van der Waals surface area contributed by atoms with Gasteiger partial charge in [0.25, 0.3) is 0 Å². The van der Waals surface area contributed by atoms with Crippen LogP contribution >= 0.6 is 11.8 Å². The second kappa shape index (κ2) is 7.22. The molecule has 19 heavy (non-hydrogen) atoms. The largest absolute Gasteiger partial charge is 0.493 e. The first kappa shape index (κ1) is 14.0. The summed E-state index contributed by atoms with van der Waals surface area (Å²) in [7, 11) is 0. The average Bonchev–Trinajstić information content (AvgIpc) is 2.45. The molecule has 0 amide bonds. The maximum absolute atomic E-state index is 9.41. The Balaban J connectivity index is 1.74. The second-order valence-corrected chi connectivity index (χ2v) is 5.42. The highest BCUT2D eigenvalue weighted by molar-refractivity contribution is 7.99. The maximum atomic E-state index is 9.41. The molecule has 1 unspecified atom stereocenters. The molecule has 2 aromatic carbocycles. The highest BCUT2D eigenvalue weighted by Crippen LogP contribution is 2.19. The molecule has 0 heterocycles. The van der Waals surface area contributed by atoms with Gasteiger partial charge in [-0.25, -0.2) is 0 Å². The van der Waals surface area contributed by atoms with Crippen LogP contribution in [-0.4, -0.2) is 17.5 Å². The Morgan fingerprint density at radius 2 is 1.74 bits per heavy atom. The van der Waals surface area contributed by atoms with Gasteiger partial charge in [0.05, 0.1) is 12.7 Å². The molecule has 0 aliphatic heterocycles. The fourth-order valence-electron chi connectivity index (χ4n) is 1.68. The van der Waals surface area contributed by atoms with Crippen molar-refractivity contribution in [1.29, 1.82) is 0 Å². The van der Waals surface area contributed by atoms with Crippen LogP contribution in [0.3, 0.4) is 0 Å². The van der Waals surface area contributed by atoms with Gasteiger partial charge in [-0.2, -0.15) is 0 Å². The third kappa shape index (κ3) is 4.62. The van der Waals surface area contributed by atoms with E-state index in [9.17, 15) is 5.11 Å². The summed E-state index contributed by atoms with van der Waals surface area (Å²) in [6.45, 7) is 2.43. The highest BCUT2D eigenvalue weighted by atomic mass is 32.2. The van der Waals surface area contributed by atoms with Crippen LogP contribution in [0.1, 0.15) is 18.6 Å². The second-order valence-electron chi connectivity index (χ2n) is 4.25. The third-order valence-corrected chi connectivity index (χ3v) is 3.70. The number of thioether (sulfide) groups is 1. The molecule has 0 bridgehead atoms. The van der Waals surface area contributed by atoms with Crippen LogP contribution in [0.2, 0.25) is 0 Å². The van der Waals surface area contributed by atoms with Crippen molar-refractivity contribution in [3.05, 3.63) is 60.2 Å². The number of aliphatic hydroxyl groups is 1. The van der Waals surface area contributed by atoms with E-state index in [0.29, 0.717) is 6.61 Å². The summed E-state index contributed by atoms with van der Waals surface area (Å²) in [4.78, 5) is 1.26. The minimum Gasteiger partial charge on any atom is -0.493 e.